The van der Waals surface area contributed by atoms with Crippen molar-refractivity contribution >= 4 is 16.9 Å². The van der Waals surface area contributed by atoms with Gasteiger partial charge >= 0.3 is 5.97 Å². The van der Waals surface area contributed by atoms with Gasteiger partial charge in [-0.1, -0.05) is 18.2 Å². The lowest BCUT2D eigenvalue weighted by molar-refractivity contribution is -0.136. The van der Waals surface area contributed by atoms with E-state index in [0.717, 1.165) is 10.9 Å². The number of carbonyl (C=O) groups is 1. The van der Waals surface area contributed by atoms with Crippen molar-refractivity contribution in [3.63, 3.8) is 0 Å². The van der Waals surface area contributed by atoms with Gasteiger partial charge in [0.05, 0.1) is 11.7 Å². The van der Waals surface area contributed by atoms with Gasteiger partial charge in [-0.05, 0) is 59.5 Å². The summed E-state index contributed by atoms with van der Waals surface area (Å²) in [4.78, 5) is 10.9. The van der Waals surface area contributed by atoms with E-state index >= 15 is 0 Å². The van der Waals surface area contributed by atoms with Gasteiger partial charge in [0.15, 0.2) is 11.6 Å². The second-order valence-corrected chi connectivity index (χ2v) is 6.94. The highest BCUT2D eigenvalue weighted by atomic mass is 19.1. The zero-order valence-corrected chi connectivity index (χ0v) is 15.9. The normalized spacial score (nSPS) is 11.0. The van der Waals surface area contributed by atoms with Crippen LogP contribution in [0.15, 0.2) is 60.8 Å². The molecule has 30 heavy (non-hydrogen) atoms. The van der Waals surface area contributed by atoms with Gasteiger partial charge in [-0.15, -0.1) is 0 Å². The Morgan fingerprint density at radius 3 is 2.60 bits per heavy atom. The molecule has 0 spiro atoms. The molecule has 3 aromatic carbocycles. The average molecular weight is 408 g/mol. The van der Waals surface area contributed by atoms with Crippen molar-refractivity contribution in [2.75, 3.05) is 0 Å². The molecule has 0 amide bonds. The molecule has 2 N–H and O–H groups in total. The monoisotopic (exact) mass is 408 g/mol. The third kappa shape index (κ3) is 4.30. The van der Waals surface area contributed by atoms with Gasteiger partial charge in [-0.3, -0.25) is 9.89 Å². The first kappa shape index (κ1) is 19.6. The molecule has 7 heteroatoms. The Hall–Kier alpha value is -3.74. The molecule has 0 fully saturated rings. The third-order valence-corrected chi connectivity index (χ3v) is 4.78. The highest BCUT2D eigenvalue weighted by Crippen LogP contribution is 2.36. The smallest absolute Gasteiger partial charge is 0.303 e. The van der Waals surface area contributed by atoms with Crippen molar-refractivity contribution in [1.82, 2.24) is 10.2 Å². The largest absolute Gasteiger partial charge is 0.485 e. The number of H-pyrrole nitrogens is 1. The summed E-state index contributed by atoms with van der Waals surface area (Å²) in [5.41, 5.74) is 3.33. The molecule has 0 unspecified atom stereocenters. The number of hydrogen-bond acceptors (Lipinski definition) is 3. The van der Waals surface area contributed by atoms with Gasteiger partial charge in [0, 0.05) is 17.4 Å². The van der Waals surface area contributed by atoms with Crippen LogP contribution in [0.3, 0.4) is 0 Å². The SMILES string of the molecule is O=C(O)CCc1cc(F)c(OCc2ccc(F)cc2)c(-c2ccc3[nH]ncc3c2)c1. The summed E-state index contributed by atoms with van der Waals surface area (Å²) in [5, 5.41) is 16.7. The van der Waals surface area contributed by atoms with Crippen molar-refractivity contribution in [3.05, 3.63) is 83.6 Å². The minimum atomic E-state index is -0.951. The second kappa shape index (κ2) is 8.32. The van der Waals surface area contributed by atoms with Crippen LogP contribution < -0.4 is 4.74 Å². The van der Waals surface area contributed by atoms with E-state index in [1.807, 2.05) is 18.2 Å². The predicted molar refractivity (Wildman–Crippen MR) is 108 cm³/mol. The van der Waals surface area contributed by atoms with Gasteiger partial charge in [-0.2, -0.15) is 5.10 Å². The van der Waals surface area contributed by atoms with Crippen molar-refractivity contribution in [2.45, 2.75) is 19.4 Å². The molecule has 0 aliphatic carbocycles. The van der Waals surface area contributed by atoms with Gasteiger partial charge in [0.25, 0.3) is 0 Å². The summed E-state index contributed by atoms with van der Waals surface area (Å²) in [6.07, 6.45) is 1.77. The van der Waals surface area contributed by atoms with Crippen LogP contribution in [0.25, 0.3) is 22.0 Å². The number of aromatic amines is 1. The van der Waals surface area contributed by atoms with Gasteiger partial charge in [0.2, 0.25) is 0 Å². The Balaban J connectivity index is 1.72. The van der Waals surface area contributed by atoms with Crippen LogP contribution in [0.1, 0.15) is 17.5 Å². The molecule has 4 rings (SSSR count). The number of ether oxygens (including phenoxy) is 1. The maximum atomic E-state index is 15.0. The molecule has 1 aromatic heterocycles. The van der Waals surface area contributed by atoms with Crippen LogP contribution in [-0.2, 0) is 17.8 Å². The molecule has 0 aliphatic rings. The van der Waals surface area contributed by atoms with Crippen molar-refractivity contribution in [3.8, 4) is 16.9 Å². The zero-order chi connectivity index (χ0) is 21.1. The first-order valence-corrected chi connectivity index (χ1v) is 9.34. The first-order valence-electron chi connectivity index (χ1n) is 9.34. The number of aromatic nitrogens is 2. The first-order chi connectivity index (χ1) is 14.5. The fourth-order valence-electron chi connectivity index (χ4n) is 3.25. The number of aliphatic carboxylic acids is 1. The Morgan fingerprint density at radius 2 is 1.83 bits per heavy atom. The Morgan fingerprint density at radius 1 is 1.03 bits per heavy atom. The molecule has 0 saturated carbocycles. The van der Waals surface area contributed by atoms with E-state index in [0.29, 0.717) is 22.3 Å². The number of hydrogen-bond donors (Lipinski definition) is 2. The molecule has 5 nitrogen and oxygen atoms in total. The van der Waals surface area contributed by atoms with Crippen molar-refractivity contribution in [1.29, 1.82) is 0 Å². The van der Waals surface area contributed by atoms with Gasteiger partial charge in [-0.25, -0.2) is 8.78 Å². The lowest BCUT2D eigenvalue weighted by Gasteiger charge is -2.15. The minimum absolute atomic E-state index is 0.0567. The topological polar surface area (TPSA) is 75.2 Å². The quantitative estimate of drug-likeness (QED) is 0.446. The number of rotatable bonds is 7. The predicted octanol–water partition coefficient (Wildman–Crippen LogP) is 5.10. The maximum absolute atomic E-state index is 15.0. The number of aryl methyl sites for hydroxylation is 1. The maximum Gasteiger partial charge on any atom is 0.303 e. The highest BCUT2D eigenvalue weighted by Gasteiger charge is 2.16. The molecule has 0 aliphatic heterocycles. The lowest BCUT2D eigenvalue weighted by Crippen LogP contribution is -2.02. The number of carboxylic acids is 1. The zero-order valence-electron chi connectivity index (χ0n) is 15.9. The van der Waals surface area contributed by atoms with Crippen LogP contribution in [0.4, 0.5) is 8.78 Å². The van der Waals surface area contributed by atoms with Crippen LogP contribution >= 0.6 is 0 Å². The van der Waals surface area contributed by atoms with E-state index in [2.05, 4.69) is 10.2 Å². The minimum Gasteiger partial charge on any atom is -0.485 e. The summed E-state index contributed by atoms with van der Waals surface area (Å²) in [6, 6.07) is 14.3. The lowest BCUT2D eigenvalue weighted by atomic mass is 9.98. The van der Waals surface area contributed by atoms with E-state index in [1.54, 1.807) is 24.4 Å². The summed E-state index contributed by atoms with van der Waals surface area (Å²) in [6.45, 7) is 0.0621. The van der Waals surface area contributed by atoms with E-state index in [1.165, 1.54) is 18.2 Å². The Kier molecular flexibility index (Phi) is 5.43. The van der Waals surface area contributed by atoms with Gasteiger partial charge in [0.1, 0.15) is 12.4 Å². The van der Waals surface area contributed by atoms with Crippen molar-refractivity contribution in [2.24, 2.45) is 0 Å². The second-order valence-electron chi connectivity index (χ2n) is 6.94. The molecular formula is C23H18F2N2O3. The summed E-state index contributed by atoms with van der Waals surface area (Å²) < 4.78 is 33.9. The average Bonchev–Trinajstić information content (AvgIpc) is 3.20. The fourth-order valence-corrected chi connectivity index (χ4v) is 3.25. The van der Waals surface area contributed by atoms with E-state index in [4.69, 9.17) is 9.84 Å². The number of carboxylic acid groups (broad SMARTS) is 1. The highest BCUT2D eigenvalue weighted by molar-refractivity contribution is 5.85. The van der Waals surface area contributed by atoms with Crippen LogP contribution in [0.2, 0.25) is 0 Å². The number of fused-ring (bicyclic) bond motifs is 1. The van der Waals surface area contributed by atoms with Gasteiger partial charge < -0.3 is 9.84 Å². The number of benzene rings is 3. The number of halogens is 2. The molecule has 152 valence electrons. The summed E-state index contributed by atoms with van der Waals surface area (Å²) >= 11 is 0. The molecule has 0 bridgehead atoms. The summed E-state index contributed by atoms with van der Waals surface area (Å²) in [5.74, 6) is -1.83. The number of nitrogens with zero attached hydrogens (tertiary/aromatic N) is 1. The Labute approximate surface area is 170 Å². The van der Waals surface area contributed by atoms with E-state index in [-0.39, 0.29) is 31.0 Å². The molecule has 0 atom stereocenters. The molecule has 0 saturated heterocycles. The molecular weight excluding hydrogens is 390 g/mol. The van der Waals surface area contributed by atoms with Crippen molar-refractivity contribution < 1.29 is 23.4 Å². The molecule has 0 radical (unpaired) electrons. The van der Waals surface area contributed by atoms with Crippen LogP contribution in [0.5, 0.6) is 5.75 Å². The third-order valence-electron chi connectivity index (χ3n) is 4.78. The van der Waals surface area contributed by atoms with Crippen LogP contribution in [0, 0.1) is 11.6 Å². The standard InChI is InChI=1S/C23H18F2N2O3/c24-18-5-1-14(2-6-18)13-30-23-19(9-15(10-20(23)25)3-8-22(28)29)16-4-7-21-17(11-16)12-26-27-21/h1-2,4-7,9-12H,3,8,13H2,(H,26,27)(H,28,29). The Bertz CT molecular complexity index is 1200. The summed E-state index contributed by atoms with van der Waals surface area (Å²) in [7, 11) is 0. The fraction of sp³-hybridized carbons (Fsp3) is 0.130. The van der Waals surface area contributed by atoms with E-state index < -0.39 is 11.8 Å². The van der Waals surface area contributed by atoms with E-state index in [9.17, 15) is 13.6 Å². The molecule has 1 heterocycles. The number of nitrogens with one attached hydrogen (secondary N) is 1. The molecule has 4 aromatic rings. The van der Waals surface area contributed by atoms with Crippen LogP contribution in [-0.4, -0.2) is 21.3 Å².